The van der Waals surface area contributed by atoms with Crippen molar-refractivity contribution >= 4 is 40.3 Å². The van der Waals surface area contributed by atoms with Crippen molar-refractivity contribution in [2.45, 2.75) is 24.6 Å². The number of hydrogen-bond acceptors (Lipinski definition) is 6. The zero-order valence-corrected chi connectivity index (χ0v) is 17.0. The highest BCUT2D eigenvalue weighted by Crippen LogP contribution is 2.18. The van der Waals surface area contributed by atoms with E-state index >= 15 is 0 Å². The number of H-pyrrole nitrogens is 1. The first-order valence-corrected chi connectivity index (χ1v) is 10.4. The molecule has 2 heterocycles. The lowest BCUT2D eigenvalue weighted by Gasteiger charge is -2.05. The monoisotopic (exact) mass is 427 g/mol. The molecule has 0 aliphatic rings. The van der Waals surface area contributed by atoms with Gasteiger partial charge in [0.15, 0.2) is 0 Å². The van der Waals surface area contributed by atoms with Crippen LogP contribution >= 0.6 is 23.4 Å². The van der Waals surface area contributed by atoms with Crippen LogP contribution in [0.2, 0.25) is 5.02 Å². The smallest absolute Gasteiger partial charge is 0.277 e. The fraction of sp³-hybridized carbons (Fsp3) is 0.200. The quantitative estimate of drug-likeness (QED) is 0.415. The summed E-state index contributed by atoms with van der Waals surface area (Å²) in [7, 11) is 0. The Morgan fingerprint density at radius 2 is 1.93 bits per heavy atom. The number of thioether (sulfide) groups is 1. The molecule has 0 radical (unpaired) electrons. The highest BCUT2D eigenvalue weighted by Gasteiger charge is 2.11. The van der Waals surface area contributed by atoms with Crippen molar-refractivity contribution in [2.75, 3.05) is 5.75 Å². The van der Waals surface area contributed by atoms with Gasteiger partial charge in [-0.1, -0.05) is 53.7 Å². The topological polar surface area (TPSA) is 96.7 Å². The number of benzene rings is 2. The van der Waals surface area contributed by atoms with E-state index in [2.05, 4.69) is 25.5 Å². The second-order valence-electron chi connectivity index (χ2n) is 6.32. The van der Waals surface area contributed by atoms with Crippen LogP contribution in [-0.2, 0) is 24.2 Å². The number of para-hydroxylation sites is 2. The number of amides is 1. The van der Waals surface area contributed by atoms with Gasteiger partial charge in [-0.3, -0.25) is 4.79 Å². The summed E-state index contributed by atoms with van der Waals surface area (Å²) in [5.74, 6) is 1.45. The molecule has 0 aliphatic carbocycles. The maximum absolute atomic E-state index is 12.0. The van der Waals surface area contributed by atoms with Crippen LogP contribution < -0.4 is 5.32 Å². The average Bonchev–Trinajstić information content (AvgIpc) is 3.36. The molecule has 0 unspecified atom stereocenters. The van der Waals surface area contributed by atoms with Crippen molar-refractivity contribution < 1.29 is 9.21 Å². The van der Waals surface area contributed by atoms with Crippen LogP contribution in [0.25, 0.3) is 11.0 Å². The summed E-state index contributed by atoms with van der Waals surface area (Å²) in [5, 5.41) is 11.9. The first kappa shape index (κ1) is 19.5. The number of hydrogen-bond donors (Lipinski definition) is 2. The summed E-state index contributed by atoms with van der Waals surface area (Å²) >= 11 is 7.29. The summed E-state index contributed by atoms with van der Waals surface area (Å²) < 4.78 is 5.61. The SMILES string of the molecule is O=C(CSc1nnc(CCc2nc3ccccc3[nH]2)o1)NCc1ccccc1Cl. The Morgan fingerprint density at radius 3 is 2.79 bits per heavy atom. The van der Waals surface area contributed by atoms with E-state index < -0.39 is 0 Å². The van der Waals surface area contributed by atoms with Gasteiger partial charge in [0.1, 0.15) is 5.82 Å². The second-order valence-corrected chi connectivity index (χ2v) is 7.65. The predicted octanol–water partition coefficient (Wildman–Crippen LogP) is 3.79. The third-order valence-corrected chi connectivity index (χ3v) is 5.41. The van der Waals surface area contributed by atoms with Gasteiger partial charge in [0.05, 0.1) is 16.8 Å². The van der Waals surface area contributed by atoms with Gasteiger partial charge in [-0.25, -0.2) is 4.98 Å². The fourth-order valence-electron chi connectivity index (χ4n) is 2.76. The highest BCUT2D eigenvalue weighted by molar-refractivity contribution is 7.99. The molecule has 2 N–H and O–H groups in total. The zero-order valence-electron chi connectivity index (χ0n) is 15.4. The van der Waals surface area contributed by atoms with Crippen LogP contribution in [0.5, 0.6) is 0 Å². The van der Waals surface area contributed by atoms with Gasteiger partial charge in [0, 0.05) is 24.4 Å². The van der Waals surface area contributed by atoms with E-state index in [1.165, 1.54) is 11.8 Å². The number of aromatic nitrogens is 4. The number of carbonyl (C=O) groups is 1. The first-order valence-electron chi connectivity index (χ1n) is 9.06. The number of imidazole rings is 1. The standard InChI is InChI=1S/C20H18ClN5O2S/c21-14-6-2-1-5-13(14)11-22-18(27)12-29-20-26-25-19(28-20)10-9-17-23-15-7-3-4-8-16(15)24-17/h1-8H,9-12H2,(H,22,27)(H,23,24). The van der Waals surface area contributed by atoms with Crippen LogP contribution in [0, 0.1) is 0 Å². The number of halogens is 1. The third-order valence-electron chi connectivity index (χ3n) is 4.22. The first-order chi connectivity index (χ1) is 14.2. The second kappa shape index (κ2) is 9.11. The molecule has 148 valence electrons. The maximum Gasteiger partial charge on any atom is 0.277 e. The minimum absolute atomic E-state index is 0.128. The van der Waals surface area contributed by atoms with Crippen molar-refractivity contribution in [3.05, 3.63) is 70.8 Å². The molecule has 0 aliphatic heterocycles. The van der Waals surface area contributed by atoms with Crippen LogP contribution in [0.4, 0.5) is 0 Å². The van der Waals surface area contributed by atoms with Gasteiger partial charge < -0.3 is 14.7 Å². The van der Waals surface area contributed by atoms with Crippen LogP contribution in [0.1, 0.15) is 17.3 Å². The molecule has 0 fully saturated rings. The lowest BCUT2D eigenvalue weighted by atomic mass is 10.2. The van der Waals surface area contributed by atoms with E-state index in [-0.39, 0.29) is 11.7 Å². The number of carbonyl (C=O) groups excluding carboxylic acids is 1. The minimum atomic E-state index is -0.128. The summed E-state index contributed by atoms with van der Waals surface area (Å²) in [5.41, 5.74) is 2.82. The average molecular weight is 428 g/mol. The number of nitrogens with zero attached hydrogens (tertiary/aromatic N) is 3. The summed E-state index contributed by atoms with van der Waals surface area (Å²) in [6.07, 6.45) is 1.24. The van der Waals surface area contributed by atoms with E-state index in [9.17, 15) is 4.79 Å². The number of fused-ring (bicyclic) bond motifs is 1. The lowest BCUT2D eigenvalue weighted by Crippen LogP contribution is -2.24. The van der Waals surface area contributed by atoms with E-state index in [0.29, 0.717) is 35.5 Å². The molecule has 9 heteroatoms. The molecule has 0 saturated heterocycles. The normalized spacial score (nSPS) is 11.1. The largest absolute Gasteiger partial charge is 0.416 e. The van der Waals surface area contributed by atoms with E-state index in [0.717, 1.165) is 22.4 Å². The Bertz CT molecular complexity index is 1090. The Labute approximate surface area is 176 Å². The van der Waals surface area contributed by atoms with Crippen molar-refractivity contribution in [1.29, 1.82) is 0 Å². The summed E-state index contributed by atoms with van der Waals surface area (Å²) in [4.78, 5) is 19.8. The van der Waals surface area contributed by atoms with Crippen molar-refractivity contribution in [3.8, 4) is 0 Å². The number of aromatic amines is 1. The summed E-state index contributed by atoms with van der Waals surface area (Å²) in [6, 6.07) is 15.3. The van der Waals surface area contributed by atoms with Gasteiger partial charge in [0.2, 0.25) is 11.8 Å². The molecule has 1 amide bonds. The minimum Gasteiger partial charge on any atom is -0.416 e. The molecule has 4 aromatic rings. The molecule has 2 aromatic carbocycles. The molecule has 7 nitrogen and oxygen atoms in total. The van der Waals surface area contributed by atoms with Gasteiger partial charge in [-0.15, -0.1) is 10.2 Å². The number of aryl methyl sites for hydroxylation is 2. The molecule has 0 saturated carbocycles. The molecule has 29 heavy (non-hydrogen) atoms. The van der Waals surface area contributed by atoms with Gasteiger partial charge in [0.25, 0.3) is 5.22 Å². The van der Waals surface area contributed by atoms with Crippen LogP contribution in [0.3, 0.4) is 0 Å². The van der Waals surface area contributed by atoms with Crippen LogP contribution in [-0.4, -0.2) is 31.8 Å². The van der Waals surface area contributed by atoms with E-state index in [4.69, 9.17) is 16.0 Å². The Balaban J connectivity index is 1.23. The summed E-state index contributed by atoms with van der Waals surface area (Å²) in [6.45, 7) is 0.381. The van der Waals surface area contributed by atoms with E-state index in [1.54, 1.807) is 6.07 Å². The molecule has 4 rings (SSSR count). The van der Waals surface area contributed by atoms with Crippen molar-refractivity contribution in [2.24, 2.45) is 0 Å². The number of rotatable bonds is 8. The molecular formula is C20H18ClN5O2S. The predicted molar refractivity (Wildman–Crippen MR) is 112 cm³/mol. The van der Waals surface area contributed by atoms with Gasteiger partial charge in [-0.2, -0.15) is 0 Å². The van der Waals surface area contributed by atoms with E-state index in [1.807, 2.05) is 42.5 Å². The molecule has 0 atom stereocenters. The van der Waals surface area contributed by atoms with Crippen molar-refractivity contribution in [1.82, 2.24) is 25.5 Å². The highest BCUT2D eigenvalue weighted by atomic mass is 35.5. The maximum atomic E-state index is 12.0. The van der Waals surface area contributed by atoms with Crippen LogP contribution in [0.15, 0.2) is 58.2 Å². The van der Waals surface area contributed by atoms with Crippen molar-refractivity contribution in [3.63, 3.8) is 0 Å². The lowest BCUT2D eigenvalue weighted by molar-refractivity contribution is -0.118. The number of nitrogens with one attached hydrogen (secondary N) is 2. The Morgan fingerprint density at radius 1 is 1.10 bits per heavy atom. The Hall–Kier alpha value is -2.84. The molecule has 0 spiro atoms. The third kappa shape index (κ3) is 5.16. The molecule has 2 aromatic heterocycles. The molecule has 0 bridgehead atoms. The Kier molecular flexibility index (Phi) is 6.12. The van der Waals surface area contributed by atoms with Gasteiger partial charge >= 0.3 is 0 Å². The zero-order chi connectivity index (χ0) is 20.1. The molecular weight excluding hydrogens is 410 g/mol. The fourth-order valence-corrected chi connectivity index (χ4v) is 3.57. The van der Waals surface area contributed by atoms with Gasteiger partial charge in [-0.05, 0) is 23.8 Å².